The molecule has 1 aromatic rings. The molecule has 1 fully saturated rings. The molecule has 0 unspecified atom stereocenters. The highest BCUT2D eigenvalue weighted by Gasteiger charge is 2.18. The summed E-state index contributed by atoms with van der Waals surface area (Å²) in [6, 6.07) is 8.87. The second-order valence-corrected chi connectivity index (χ2v) is 5.21. The lowest BCUT2D eigenvalue weighted by Gasteiger charge is -2.28. The monoisotopic (exact) mass is 228 g/mol. The zero-order valence-electron chi connectivity index (χ0n) is 10.7. The first-order chi connectivity index (χ1) is 8.20. The van der Waals surface area contributed by atoms with Crippen LogP contribution in [-0.2, 0) is 0 Å². The van der Waals surface area contributed by atoms with Gasteiger partial charge < -0.3 is 5.32 Å². The Morgan fingerprint density at radius 3 is 2.59 bits per heavy atom. The number of nitrogens with one attached hydrogen (secondary N) is 1. The fourth-order valence-electron chi connectivity index (χ4n) is 2.56. The van der Waals surface area contributed by atoms with Crippen LogP contribution in [0.3, 0.4) is 0 Å². The van der Waals surface area contributed by atoms with E-state index in [4.69, 9.17) is 0 Å². The van der Waals surface area contributed by atoms with E-state index in [1.54, 1.807) is 0 Å². The third kappa shape index (κ3) is 2.79. The Kier molecular flexibility index (Phi) is 3.68. The maximum Gasteiger partial charge on any atom is 0.102 e. The molecule has 0 aromatic heterocycles. The van der Waals surface area contributed by atoms with E-state index in [1.807, 2.05) is 25.1 Å². The average Bonchev–Trinajstić information content (AvgIpc) is 2.32. The Morgan fingerprint density at radius 1 is 1.24 bits per heavy atom. The minimum atomic E-state index is 0.542. The van der Waals surface area contributed by atoms with Crippen molar-refractivity contribution in [3.05, 3.63) is 29.3 Å². The van der Waals surface area contributed by atoms with Crippen molar-refractivity contribution >= 4 is 5.69 Å². The molecule has 1 saturated carbocycles. The molecule has 1 aliphatic rings. The van der Waals surface area contributed by atoms with Gasteiger partial charge in [-0.05, 0) is 50.2 Å². The topological polar surface area (TPSA) is 35.8 Å². The zero-order chi connectivity index (χ0) is 12.3. The minimum absolute atomic E-state index is 0.542. The van der Waals surface area contributed by atoms with Gasteiger partial charge in [-0.15, -0.1) is 0 Å². The van der Waals surface area contributed by atoms with E-state index >= 15 is 0 Å². The quantitative estimate of drug-likeness (QED) is 0.834. The van der Waals surface area contributed by atoms with Gasteiger partial charge in [0.1, 0.15) is 6.07 Å². The molecule has 0 atom stereocenters. The van der Waals surface area contributed by atoms with Crippen molar-refractivity contribution in [2.45, 2.75) is 45.6 Å². The van der Waals surface area contributed by atoms with Gasteiger partial charge in [-0.1, -0.05) is 19.1 Å². The van der Waals surface area contributed by atoms with Gasteiger partial charge in [0, 0.05) is 6.04 Å². The molecule has 0 saturated heterocycles. The van der Waals surface area contributed by atoms with E-state index in [1.165, 1.54) is 25.7 Å². The van der Waals surface area contributed by atoms with E-state index in [0.29, 0.717) is 6.04 Å². The van der Waals surface area contributed by atoms with Crippen molar-refractivity contribution in [2.24, 2.45) is 5.92 Å². The van der Waals surface area contributed by atoms with Crippen molar-refractivity contribution in [2.75, 3.05) is 5.32 Å². The summed E-state index contributed by atoms with van der Waals surface area (Å²) in [6.07, 6.45) is 5.04. The Bertz CT molecular complexity index is 423. The van der Waals surface area contributed by atoms with Crippen LogP contribution in [0.2, 0.25) is 0 Å². The van der Waals surface area contributed by atoms with E-state index in [9.17, 15) is 5.26 Å². The lowest BCUT2D eigenvalue weighted by atomic mass is 9.87. The summed E-state index contributed by atoms with van der Waals surface area (Å²) in [5.74, 6) is 0.862. The molecule has 2 heteroatoms. The third-order valence-corrected chi connectivity index (χ3v) is 3.76. The Hall–Kier alpha value is -1.49. The molecule has 1 N–H and O–H groups in total. The summed E-state index contributed by atoms with van der Waals surface area (Å²) in [5.41, 5.74) is 2.86. The number of aryl methyl sites for hydroxylation is 1. The molecule has 2 nitrogen and oxygen atoms in total. The zero-order valence-corrected chi connectivity index (χ0v) is 10.7. The second-order valence-electron chi connectivity index (χ2n) is 5.21. The van der Waals surface area contributed by atoms with E-state index in [0.717, 1.165) is 22.7 Å². The van der Waals surface area contributed by atoms with Crippen LogP contribution in [0, 0.1) is 24.2 Å². The van der Waals surface area contributed by atoms with E-state index < -0.39 is 0 Å². The molecule has 0 aliphatic heterocycles. The van der Waals surface area contributed by atoms with Gasteiger partial charge in [-0.25, -0.2) is 0 Å². The van der Waals surface area contributed by atoms with Crippen LogP contribution in [0.25, 0.3) is 0 Å². The minimum Gasteiger partial charge on any atom is -0.381 e. The first-order valence-corrected chi connectivity index (χ1v) is 6.47. The van der Waals surface area contributed by atoms with Crippen LogP contribution in [-0.4, -0.2) is 6.04 Å². The predicted molar refractivity (Wildman–Crippen MR) is 70.9 cm³/mol. The maximum atomic E-state index is 9.18. The number of rotatable bonds is 2. The highest BCUT2D eigenvalue weighted by molar-refractivity contribution is 5.61. The molecule has 0 amide bonds. The van der Waals surface area contributed by atoms with Crippen LogP contribution in [0.4, 0.5) is 5.69 Å². The largest absolute Gasteiger partial charge is 0.381 e. The van der Waals surface area contributed by atoms with Gasteiger partial charge >= 0.3 is 0 Å². The summed E-state index contributed by atoms with van der Waals surface area (Å²) in [7, 11) is 0. The summed E-state index contributed by atoms with van der Waals surface area (Å²) in [4.78, 5) is 0. The highest BCUT2D eigenvalue weighted by Crippen LogP contribution is 2.27. The fraction of sp³-hybridized carbons (Fsp3) is 0.533. The number of nitrogens with zero attached hydrogens (tertiary/aromatic N) is 1. The van der Waals surface area contributed by atoms with Crippen molar-refractivity contribution in [3.8, 4) is 6.07 Å². The van der Waals surface area contributed by atoms with E-state index in [2.05, 4.69) is 18.3 Å². The predicted octanol–water partition coefficient (Wildman–Crippen LogP) is 3.86. The van der Waals surface area contributed by atoms with Gasteiger partial charge in [0.05, 0.1) is 11.3 Å². The Balaban J connectivity index is 2.09. The summed E-state index contributed by atoms with van der Waals surface area (Å²) in [6.45, 7) is 4.32. The maximum absolute atomic E-state index is 9.18. The van der Waals surface area contributed by atoms with Gasteiger partial charge in [-0.2, -0.15) is 5.26 Å². The number of benzene rings is 1. The molecule has 17 heavy (non-hydrogen) atoms. The van der Waals surface area contributed by atoms with Crippen LogP contribution in [0.1, 0.15) is 43.7 Å². The molecular weight excluding hydrogens is 208 g/mol. The summed E-state index contributed by atoms with van der Waals surface area (Å²) in [5, 5.41) is 12.7. The van der Waals surface area contributed by atoms with Crippen molar-refractivity contribution in [1.82, 2.24) is 0 Å². The van der Waals surface area contributed by atoms with Crippen LogP contribution in [0.15, 0.2) is 18.2 Å². The van der Waals surface area contributed by atoms with Crippen LogP contribution in [0.5, 0.6) is 0 Å². The van der Waals surface area contributed by atoms with Crippen molar-refractivity contribution in [3.63, 3.8) is 0 Å². The van der Waals surface area contributed by atoms with Crippen molar-refractivity contribution < 1.29 is 0 Å². The molecule has 1 aromatic carbocycles. The standard InChI is InChI=1S/C15H20N2/c1-11-6-8-13(9-7-11)17-15-5-3-4-12(2)14(15)10-16/h3-5,11,13,17H,6-9H2,1-2H3. The average molecular weight is 228 g/mol. The van der Waals surface area contributed by atoms with Crippen LogP contribution < -0.4 is 5.32 Å². The molecular formula is C15H20N2. The molecule has 0 radical (unpaired) electrons. The van der Waals surface area contributed by atoms with Gasteiger partial charge in [0.15, 0.2) is 0 Å². The molecule has 0 bridgehead atoms. The smallest absolute Gasteiger partial charge is 0.102 e. The van der Waals surface area contributed by atoms with Gasteiger partial charge in [0.2, 0.25) is 0 Å². The van der Waals surface area contributed by atoms with Gasteiger partial charge in [-0.3, -0.25) is 0 Å². The molecule has 90 valence electrons. The first-order valence-electron chi connectivity index (χ1n) is 6.47. The third-order valence-electron chi connectivity index (χ3n) is 3.76. The summed E-state index contributed by atoms with van der Waals surface area (Å²) < 4.78 is 0. The normalized spacial score (nSPS) is 24.1. The molecule has 0 spiro atoms. The number of nitriles is 1. The molecule has 1 aliphatic carbocycles. The molecule has 2 rings (SSSR count). The molecule has 0 heterocycles. The number of hydrogen-bond acceptors (Lipinski definition) is 2. The first kappa shape index (κ1) is 12.0. The number of anilines is 1. The highest BCUT2D eigenvalue weighted by atomic mass is 14.9. The lowest BCUT2D eigenvalue weighted by molar-refractivity contribution is 0.361. The second kappa shape index (κ2) is 5.23. The van der Waals surface area contributed by atoms with Gasteiger partial charge in [0.25, 0.3) is 0 Å². The lowest BCUT2D eigenvalue weighted by Crippen LogP contribution is -2.25. The Labute approximate surface area is 104 Å². The SMILES string of the molecule is Cc1cccc(NC2CCC(C)CC2)c1C#N. The van der Waals surface area contributed by atoms with Crippen LogP contribution >= 0.6 is 0 Å². The van der Waals surface area contributed by atoms with Crippen molar-refractivity contribution in [1.29, 1.82) is 5.26 Å². The summed E-state index contributed by atoms with van der Waals surface area (Å²) >= 11 is 0. The Morgan fingerprint density at radius 2 is 1.94 bits per heavy atom. The van der Waals surface area contributed by atoms with E-state index in [-0.39, 0.29) is 0 Å². The fourth-order valence-corrected chi connectivity index (χ4v) is 2.56. The number of hydrogen-bond donors (Lipinski definition) is 1.